The summed E-state index contributed by atoms with van der Waals surface area (Å²) in [6, 6.07) is 0. The molecule has 0 radical (unpaired) electrons. The highest BCUT2D eigenvalue weighted by atomic mass is 16.5. The minimum Gasteiger partial charge on any atom is -0.380 e. The van der Waals surface area contributed by atoms with Crippen molar-refractivity contribution in [2.45, 2.75) is 19.4 Å². The minimum atomic E-state index is 0.241. The highest BCUT2D eigenvalue weighted by molar-refractivity contribution is 4.78. The Balaban J connectivity index is 2.02. The van der Waals surface area contributed by atoms with E-state index in [0.717, 1.165) is 25.3 Å². The number of rotatable bonds is 6. The smallest absolute Gasteiger partial charge is 0.213 e. The average molecular weight is 185 g/mol. The molecular formula is C8H15N3O2. The van der Waals surface area contributed by atoms with Crippen molar-refractivity contribution < 1.29 is 9.26 Å². The van der Waals surface area contributed by atoms with Crippen molar-refractivity contribution in [2.24, 2.45) is 0 Å². The van der Waals surface area contributed by atoms with Crippen LogP contribution in [-0.2, 0) is 11.2 Å². The topological polar surface area (TPSA) is 60.2 Å². The first-order chi connectivity index (χ1) is 6.33. The van der Waals surface area contributed by atoms with Crippen LogP contribution in [0, 0.1) is 0 Å². The van der Waals surface area contributed by atoms with Crippen molar-refractivity contribution in [1.82, 2.24) is 15.5 Å². The van der Waals surface area contributed by atoms with Gasteiger partial charge in [0, 0.05) is 26.6 Å². The Kier molecular flexibility index (Phi) is 4.42. The largest absolute Gasteiger partial charge is 0.380 e. The third kappa shape index (κ3) is 4.00. The molecule has 13 heavy (non-hydrogen) atoms. The molecule has 5 nitrogen and oxygen atoms in total. The van der Waals surface area contributed by atoms with Crippen LogP contribution < -0.4 is 5.32 Å². The first-order valence-electron chi connectivity index (χ1n) is 4.31. The zero-order valence-electron chi connectivity index (χ0n) is 7.99. The molecule has 5 heteroatoms. The molecule has 74 valence electrons. The van der Waals surface area contributed by atoms with Gasteiger partial charge in [0.1, 0.15) is 0 Å². The maximum atomic E-state index is 5.08. The Hall–Kier alpha value is -0.940. The summed E-state index contributed by atoms with van der Waals surface area (Å²) in [6.45, 7) is 3.70. The van der Waals surface area contributed by atoms with Crippen LogP contribution >= 0.6 is 0 Å². The molecule has 1 unspecified atom stereocenters. The second-order valence-corrected chi connectivity index (χ2v) is 2.85. The van der Waals surface area contributed by atoms with Gasteiger partial charge in [0.25, 0.3) is 0 Å². The summed E-state index contributed by atoms with van der Waals surface area (Å²) in [6.07, 6.45) is 2.37. The van der Waals surface area contributed by atoms with Crippen LogP contribution in [0.4, 0.5) is 0 Å². The number of aromatic nitrogens is 2. The zero-order valence-corrected chi connectivity index (χ0v) is 7.99. The zero-order chi connectivity index (χ0) is 9.52. The van der Waals surface area contributed by atoms with Crippen molar-refractivity contribution in [3.8, 4) is 0 Å². The third-order valence-corrected chi connectivity index (χ3v) is 1.77. The van der Waals surface area contributed by atoms with Crippen LogP contribution in [0.5, 0.6) is 0 Å². The molecule has 1 aromatic heterocycles. The van der Waals surface area contributed by atoms with Gasteiger partial charge in [-0.1, -0.05) is 5.16 Å². The fourth-order valence-electron chi connectivity index (χ4n) is 0.891. The van der Waals surface area contributed by atoms with Gasteiger partial charge >= 0.3 is 0 Å². The molecule has 1 atom stereocenters. The Labute approximate surface area is 77.5 Å². The molecule has 0 fully saturated rings. The average Bonchev–Trinajstić information content (AvgIpc) is 2.64. The normalized spacial score (nSPS) is 13.1. The lowest BCUT2D eigenvalue weighted by molar-refractivity contribution is 0.117. The second kappa shape index (κ2) is 5.66. The Morgan fingerprint density at radius 1 is 1.69 bits per heavy atom. The number of nitrogens with zero attached hydrogens (tertiary/aromatic N) is 2. The molecule has 1 aromatic rings. The van der Waals surface area contributed by atoms with Gasteiger partial charge in [0.15, 0.2) is 5.82 Å². The van der Waals surface area contributed by atoms with Gasteiger partial charge in [-0.2, -0.15) is 4.98 Å². The summed E-state index contributed by atoms with van der Waals surface area (Å²) in [7, 11) is 1.70. The molecule has 0 aliphatic heterocycles. The standard InChI is InChI=1S/C8H15N3O2/c1-7(12-2)5-9-4-3-8-10-6-13-11-8/h6-7,9H,3-5H2,1-2H3. The summed E-state index contributed by atoms with van der Waals surface area (Å²) in [5.74, 6) is 0.734. The number of ether oxygens (including phenoxy) is 1. The summed E-state index contributed by atoms with van der Waals surface area (Å²) in [5, 5.41) is 6.92. The van der Waals surface area contributed by atoms with E-state index in [-0.39, 0.29) is 6.10 Å². The van der Waals surface area contributed by atoms with E-state index in [4.69, 9.17) is 4.74 Å². The Morgan fingerprint density at radius 2 is 2.54 bits per heavy atom. The number of hydrogen-bond acceptors (Lipinski definition) is 5. The van der Waals surface area contributed by atoms with E-state index in [1.165, 1.54) is 6.39 Å². The highest BCUT2D eigenvalue weighted by Gasteiger charge is 2.00. The minimum absolute atomic E-state index is 0.241. The van der Waals surface area contributed by atoms with E-state index in [2.05, 4.69) is 20.0 Å². The van der Waals surface area contributed by atoms with Crippen molar-refractivity contribution in [3.63, 3.8) is 0 Å². The van der Waals surface area contributed by atoms with Gasteiger partial charge in [-0.25, -0.2) is 0 Å². The lowest BCUT2D eigenvalue weighted by Gasteiger charge is -2.09. The molecule has 0 aliphatic carbocycles. The van der Waals surface area contributed by atoms with Gasteiger partial charge < -0.3 is 14.6 Å². The van der Waals surface area contributed by atoms with E-state index in [1.807, 2.05) is 6.92 Å². The Morgan fingerprint density at radius 3 is 3.15 bits per heavy atom. The predicted octanol–water partition coefficient (Wildman–Crippen LogP) is 0.237. The summed E-state index contributed by atoms with van der Waals surface area (Å²) in [4.78, 5) is 3.90. The number of methoxy groups -OCH3 is 1. The molecule has 0 bridgehead atoms. The number of hydrogen-bond donors (Lipinski definition) is 1. The van der Waals surface area contributed by atoms with Crippen LogP contribution in [-0.4, -0.2) is 36.4 Å². The first-order valence-corrected chi connectivity index (χ1v) is 4.31. The van der Waals surface area contributed by atoms with Gasteiger partial charge in [0.2, 0.25) is 6.39 Å². The van der Waals surface area contributed by atoms with Gasteiger partial charge in [-0.15, -0.1) is 0 Å². The lowest BCUT2D eigenvalue weighted by Crippen LogP contribution is -2.27. The SMILES string of the molecule is COC(C)CNCCc1ncon1. The van der Waals surface area contributed by atoms with Gasteiger partial charge in [0.05, 0.1) is 6.10 Å². The van der Waals surface area contributed by atoms with E-state index in [1.54, 1.807) is 7.11 Å². The highest BCUT2D eigenvalue weighted by Crippen LogP contribution is 1.89. The maximum Gasteiger partial charge on any atom is 0.213 e. The van der Waals surface area contributed by atoms with Crippen LogP contribution in [0.2, 0.25) is 0 Å². The van der Waals surface area contributed by atoms with Crippen molar-refractivity contribution in [1.29, 1.82) is 0 Å². The summed E-state index contributed by atoms with van der Waals surface area (Å²) >= 11 is 0. The van der Waals surface area contributed by atoms with E-state index < -0.39 is 0 Å². The van der Waals surface area contributed by atoms with E-state index in [0.29, 0.717) is 0 Å². The summed E-state index contributed by atoms with van der Waals surface area (Å²) < 4.78 is 9.68. The molecule has 0 aliphatic rings. The monoisotopic (exact) mass is 185 g/mol. The van der Waals surface area contributed by atoms with Crippen molar-refractivity contribution >= 4 is 0 Å². The fourth-order valence-corrected chi connectivity index (χ4v) is 0.891. The van der Waals surface area contributed by atoms with E-state index >= 15 is 0 Å². The Bertz CT molecular complexity index is 213. The molecule has 0 saturated heterocycles. The number of nitrogens with one attached hydrogen (secondary N) is 1. The third-order valence-electron chi connectivity index (χ3n) is 1.77. The van der Waals surface area contributed by atoms with Crippen LogP contribution in [0.1, 0.15) is 12.7 Å². The van der Waals surface area contributed by atoms with Gasteiger partial charge in [-0.3, -0.25) is 0 Å². The quantitative estimate of drug-likeness (QED) is 0.643. The first kappa shape index (κ1) is 10.1. The van der Waals surface area contributed by atoms with Crippen molar-refractivity contribution in [3.05, 3.63) is 12.2 Å². The molecule has 0 saturated carbocycles. The molecule has 0 amide bonds. The van der Waals surface area contributed by atoms with Gasteiger partial charge in [-0.05, 0) is 6.92 Å². The fraction of sp³-hybridized carbons (Fsp3) is 0.750. The second-order valence-electron chi connectivity index (χ2n) is 2.85. The van der Waals surface area contributed by atoms with Crippen LogP contribution in [0.25, 0.3) is 0 Å². The van der Waals surface area contributed by atoms with Crippen molar-refractivity contribution in [2.75, 3.05) is 20.2 Å². The molecule has 0 spiro atoms. The molecule has 1 heterocycles. The molecular weight excluding hydrogens is 170 g/mol. The molecule has 1 N–H and O–H groups in total. The lowest BCUT2D eigenvalue weighted by atomic mass is 10.3. The maximum absolute atomic E-state index is 5.08. The summed E-state index contributed by atoms with van der Waals surface area (Å²) in [5.41, 5.74) is 0. The predicted molar refractivity (Wildman–Crippen MR) is 47.3 cm³/mol. The molecule has 0 aromatic carbocycles. The van der Waals surface area contributed by atoms with Crippen LogP contribution in [0.3, 0.4) is 0 Å². The molecule has 1 rings (SSSR count). The van der Waals surface area contributed by atoms with E-state index in [9.17, 15) is 0 Å². The van der Waals surface area contributed by atoms with Crippen LogP contribution in [0.15, 0.2) is 10.9 Å².